The van der Waals surface area contributed by atoms with Gasteiger partial charge < -0.3 is 5.73 Å². The number of hydrogen-bond acceptors (Lipinski definition) is 3. The molecule has 1 heterocycles. The number of unbranched alkanes of at least 4 members (excludes halogenated alkanes) is 2. The summed E-state index contributed by atoms with van der Waals surface area (Å²) in [5, 5.41) is 2.50. The molecule has 4 nitrogen and oxygen atoms in total. The molecule has 1 aliphatic rings. The van der Waals surface area contributed by atoms with Gasteiger partial charge in [0.2, 0.25) is 11.8 Å². The molecule has 4 heteroatoms. The summed E-state index contributed by atoms with van der Waals surface area (Å²) in [4.78, 5) is 23.9. The Kier molecular flexibility index (Phi) is 4.42. The highest BCUT2D eigenvalue weighted by molar-refractivity contribution is 6.03. The number of nitrogens with two attached hydrogens (primary N) is 1. The minimum atomic E-state index is -0.573. The maximum absolute atomic E-state index is 12.4. The quantitative estimate of drug-likeness (QED) is 0.492. The highest BCUT2D eigenvalue weighted by atomic mass is 16.2. The molecular formula is C16H22N2O2. The third-order valence-corrected chi connectivity index (χ3v) is 4.14. The third kappa shape index (κ3) is 2.84. The zero-order valence-electron chi connectivity index (χ0n) is 11.9. The van der Waals surface area contributed by atoms with E-state index in [1.165, 1.54) is 0 Å². The van der Waals surface area contributed by atoms with Gasteiger partial charge in [-0.05, 0) is 30.5 Å². The van der Waals surface area contributed by atoms with Crippen LogP contribution in [-0.2, 0) is 15.0 Å². The Balaban J connectivity index is 2.30. The molecule has 3 N–H and O–H groups in total. The van der Waals surface area contributed by atoms with E-state index in [2.05, 4.69) is 12.2 Å². The van der Waals surface area contributed by atoms with Crippen LogP contribution >= 0.6 is 0 Å². The molecule has 20 heavy (non-hydrogen) atoms. The zero-order valence-corrected chi connectivity index (χ0v) is 11.9. The van der Waals surface area contributed by atoms with E-state index in [4.69, 9.17) is 5.73 Å². The van der Waals surface area contributed by atoms with Crippen LogP contribution in [0.4, 0.5) is 5.69 Å². The second kappa shape index (κ2) is 6.07. The van der Waals surface area contributed by atoms with E-state index in [-0.39, 0.29) is 11.8 Å². The normalized spacial score (nSPS) is 22.6. The first-order valence-electron chi connectivity index (χ1n) is 7.29. The van der Waals surface area contributed by atoms with Gasteiger partial charge in [0.15, 0.2) is 0 Å². The van der Waals surface area contributed by atoms with Gasteiger partial charge in [0.1, 0.15) is 0 Å². The standard InChI is InChI=1S/C16H22N2O2/c1-2-3-4-10-16(11-9-14(19)18-15(16)20)12-5-7-13(17)8-6-12/h5-8H,2-4,9-11,17H2,1H3,(H,18,19,20). The lowest BCUT2D eigenvalue weighted by molar-refractivity contribution is -0.138. The number of carbonyl (C=O) groups is 2. The lowest BCUT2D eigenvalue weighted by Gasteiger charge is -2.36. The van der Waals surface area contributed by atoms with Crippen molar-refractivity contribution < 1.29 is 9.59 Å². The van der Waals surface area contributed by atoms with E-state index in [0.29, 0.717) is 18.5 Å². The monoisotopic (exact) mass is 274 g/mol. The summed E-state index contributed by atoms with van der Waals surface area (Å²) in [7, 11) is 0. The molecular weight excluding hydrogens is 252 g/mol. The Bertz CT molecular complexity index is 496. The summed E-state index contributed by atoms with van der Waals surface area (Å²) in [5.41, 5.74) is 6.80. The van der Waals surface area contributed by atoms with Crippen molar-refractivity contribution in [2.45, 2.75) is 50.9 Å². The summed E-state index contributed by atoms with van der Waals surface area (Å²) >= 11 is 0. The van der Waals surface area contributed by atoms with E-state index in [9.17, 15) is 9.59 Å². The first-order valence-corrected chi connectivity index (χ1v) is 7.29. The molecule has 1 fully saturated rings. The van der Waals surface area contributed by atoms with Crippen molar-refractivity contribution in [3.05, 3.63) is 29.8 Å². The second-order valence-electron chi connectivity index (χ2n) is 5.54. The second-order valence-corrected chi connectivity index (χ2v) is 5.54. The van der Waals surface area contributed by atoms with Crippen molar-refractivity contribution in [2.75, 3.05) is 5.73 Å². The van der Waals surface area contributed by atoms with Gasteiger partial charge in [-0.15, -0.1) is 0 Å². The number of imide groups is 1. The van der Waals surface area contributed by atoms with Crippen molar-refractivity contribution in [2.24, 2.45) is 0 Å². The molecule has 1 aromatic rings. The fourth-order valence-corrected chi connectivity index (χ4v) is 2.89. The van der Waals surface area contributed by atoms with Crippen molar-refractivity contribution in [1.82, 2.24) is 5.32 Å². The Morgan fingerprint density at radius 1 is 1.20 bits per heavy atom. The van der Waals surface area contributed by atoms with Crippen molar-refractivity contribution in [3.63, 3.8) is 0 Å². The molecule has 108 valence electrons. The Morgan fingerprint density at radius 3 is 2.50 bits per heavy atom. The van der Waals surface area contributed by atoms with Gasteiger partial charge in [-0.3, -0.25) is 14.9 Å². The van der Waals surface area contributed by atoms with Crippen LogP contribution in [0.1, 0.15) is 51.0 Å². The Labute approximate surface area is 119 Å². The molecule has 0 bridgehead atoms. The largest absolute Gasteiger partial charge is 0.399 e. The van der Waals surface area contributed by atoms with Crippen molar-refractivity contribution in [1.29, 1.82) is 0 Å². The number of benzene rings is 1. The third-order valence-electron chi connectivity index (χ3n) is 4.14. The molecule has 1 aliphatic heterocycles. The molecule has 0 spiro atoms. The number of carbonyl (C=O) groups excluding carboxylic acids is 2. The first kappa shape index (κ1) is 14.6. The number of nitrogen functional groups attached to an aromatic ring is 1. The van der Waals surface area contributed by atoms with Gasteiger partial charge in [0.05, 0.1) is 5.41 Å². The topological polar surface area (TPSA) is 72.2 Å². The SMILES string of the molecule is CCCCCC1(c2ccc(N)cc2)CCC(=O)NC1=O. The van der Waals surface area contributed by atoms with E-state index in [0.717, 1.165) is 31.2 Å². The molecule has 1 unspecified atom stereocenters. The number of rotatable bonds is 5. The molecule has 0 saturated carbocycles. The van der Waals surface area contributed by atoms with Crippen LogP contribution in [0.2, 0.25) is 0 Å². The summed E-state index contributed by atoms with van der Waals surface area (Å²) < 4.78 is 0. The first-order chi connectivity index (χ1) is 9.58. The lowest BCUT2D eigenvalue weighted by atomic mass is 9.70. The van der Waals surface area contributed by atoms with E-state index >= 15 is 0 Å². The molecule has 0 aromatic heterocycles. The van der Waals surface area contributed by atoms with Crippen LogP contribution in [0.25, 0.3) is 0 Å². The van der Waals surface area contributed by atoms with Gasteiger partial charge in [-0.2, -0.15) is 0 Å². The Morgan fingerprint density at radius 2 is 1.90 bits per heavy atom. The summed E-state index contributed by atoms with van der Waals surface area (Å²) in [5.74, 6) is -0.328. The number of amides is 2. The highest BCUT2D eigenvalue weighted by Crippen LogP contribution is 2.37. The number of piperidine rings is 1. The Hall–Kier alpha value is -1.84. The fourth-order valence-electron chi connectivity index (χ4n) is 2.89. The molecule has 0 aliphatic carbocycles. The minimum Gasteiger partial charge on any atom is -0.399 e. The molecule has 1 saturated heterocycles. The van der Waals surface area contributed by atoms with Crippen LogP contribution in [0.5, 0.6) is 0 Å². The lowest BCUT2D eigenvalue weighted by Crippen LogP contribution is -2.51. The maximum atomic E-state index is 12.4. The van der Waals surface area contributed by atoms with Crippen LogP contribution in [0, 0.1) is 0 Å². The average molecular weight is 274 g/mol. The minimum absolute atomic E-state index is 0.158. The van der Waals surface area contributed by atoms with Crippen LogP contribution in [-0.4, -0.2) is 11.8 Å². The highest BCUT2D eigenvalue weighted by Gasteiger charge is 2.43. The van der Waals surface area contributed by atoms with Gasteiger partial charge in [0, 0.05) is 12.1 Å². The summed E-state index contributed by atoms with van der Waals surface area (Å²) in [6.07, 6.45) is 4.97. The van der Waals surface area contributed by atoms with Crippen LogP contribution in [0.15, 0.2) is 24.3 Å². The molecule has 0 radical (unpaired) electrons. The van der Waals surface area contributed by atoms with Gasteiger partial charge in [-0.25, -0.2) is 0 Å². The van der Waals surface area contributed by atoms with Gasteiger partial charge in [-0.1, -0.05) is 38.3 Å². The molecule has 1 atom stereocenters. The zero-order chi connectivity index (χ0) is 14.6. The van der Waals surface area contributed by atoms with Crippen LogP contribution in [0.3, 0.4) is 0 Å². The van der Waals surface area contributed by atoms with Gasteiger partial charge >= 0.3 is 0 Å². The summed E-state index contributed by atoms with van der Waals surface area (Å²) in [6, 6.07) is 7.47. The molecule has 2 amide bonds. The predicted octanol–water partition coefficient (Wildman–Crippen LogP) is 2.52. The van der Waals surface area contributed by atoms with Crippen molar-refractivity contribution in [3.8, 4) is 0 Å². The maximum Gasteiger partial charge on any atom is 0.237 e. The molecule has 2 rings (SSSR count). The van der Waals surface area contributed by atoms with Crippen LogP contribution < -0.4 is 11.1 Å². The van der Waals surface area contributed by atoms with Gasteiger partial charge in [0.25, 0.3) is 0 Å². The van der Waals surface area contributed by atoms with E-state index in [1.807, 2.05) is 24.3 Å². The average Bonchev–Trinajstić information content (AvgIpc) is 2.43. The van der Waals surface area contributed by atoms with Crippen molar-refractivity contribution >= 4 is 17.5 Å². The summed E-state index contributed by atoms with van der Waals surface area (Å²) in [6.45, 7) is 2.14. The predicted molar refractivity (Wildman–Crippen MR) is 79.1 cm³/mol. The fraction of sp³-hybridized carbons (Fsp3) is 0.500. The molecule has 1 aromatic carbocycles. The number of hydrogen-bond donors (Lipinski definition) is 2. The number of anilines is 1. The number of nitrogens with one attached hydrogen (secondary N) is 1. The van der Waals surface area contributed by atoms with E-state index < -0.39 is 5.41 Å². The van der Waals surface area contributed by atoms with E-state index in [1.54, 1.807) is 0 Å². The smallest absolute Gasteiger partial charge is 0.237 e.